The van der Waals surface area contributed by atoms with Gasteiger partial charge in [-0.15, -0.1) is 0 Å². The van der Waals surface area contributed by atoms with Crippen LogP contribution in [0.15, 0.2) is 60.7 Å². The second kappa shape index (κ2) is 12.0. The van der Waals surface area contributed by atoms with Crippen molar-refractivity contribution < 1.29 is 18.2 Å². The molecule has 0 saturated carbocycles. The number of benzene rings is 2. The van der Waals surface area contributed by atoms with E-state index in [-0.39, 0.29) is 0 Å². The molecule has 5 nitrogen and oxygen atoms in total. The molecular formula is C23H35NO4P2. The van der Waals surface area contributed by atoms with E-state index in [1.165, 1.54) is 0 Å². The van der Waals surface area contributed by atoms with Crippen LogP contribution in [-0.4, -0.2) is 36.0 Å². The first kappa shape index (κ1) is 25.0. The molecule has 0 fully saturated rings. The summed E-state index contributed by atoms with van der Waals surface area (Å²) < 4.78 is 38.7. The summed E-state index contributed by atoms with van der Waals surface area (Å²) in [5.74, 6) is 0. The zero-order valence-corrected chi connectivity index (χ0v) is 20.4. The standard InChI is InChI=1S/C23H35NO4P2/c1-5-29(25,6-2)27-23(28-30(26,7-3)8-4)24(19-21-15-11-9-12-16-21)20-22-17-13-10-14-18-22/h9-18,23H,5-8,19-20H2,1-4H3. The van der Waals surface area contributed by atoms with Gasteiger partial charge in [0.25, 0.3) is 0 Å². The molecule has 0 atom stereocenters. The van der Waals surface area contributed by atoms with Gasteiger partial charge in [-0.05, 0) is 11.1 Å². The molecule has 0 bridgehead atoms. The summed E-state index contributed by atoms with van der Waals surface area (Å²) in [4.78, 5) is 1.99. The average Bonchev–Trinajstić information content (AvgIpc) is 2.79. The maximum atomic E-state index is 13.2. The van der Waals surface area contributed by atoms with E-state index in [1.807, 2.05) is 93.3 Å². The topological polar surface area (TPSA) is 55.8 Å². The van der Waals surface area contributed by atoms with Crippen LogP contribution in [0.5, 0.6) is 0 Å². The average molecular weight is 451 g/mol. The van der Waals surface area contributed by atoms with Crippen molar-refractivity contribution >= 4 is 14.7 Å². The highest BCUT2D eigenvalue weighted by atomic mass is 31.2. The van der Waals surface area contributed by atoms with E-state index in [1.54, 1.807) is 0 Å². The van der Waals surface area contributed by atoms with Crippen LogP contribution in [0.4, 0.5) is 0 Å². The number of hydrogen-bond acceptors (Lipinski definition) is 5. The van der Waals surface area contributed by atoms with Gasteiger partial charge in [-0.3, -0.25) is 18.2 Å². The van der Waals surface area contributed by atoms with Crippen molar-refractivity contribution in [3.8, 4) is 0 Å². The lowest BCUT2D eigenvalue weighted by atomic mass is 10.2. The molecule has 2 rings (SSSR count). The molecule has 0 amide bonds. The zero-order valence-electron chi connectivity index (χ0n) is 18.6. The van der Waals surface area contributed by atoms with E-state index in [4.69, 9.17) is 9.05 Å². The molecule has 2 aromatic rings. The summed E-state index contributed by atoms with van der Waals surface area (Å²) in [6.07, 6.45) is 0.710. The smallest absolute Gasteiger partial charge is 0.231 e. The van der Waals surface area contributed by atoms with Crippen LogP contribution in [0.1, 0.15) is 38.8 Å². The minimum atomic E-state index is -2.90. The second-order valence-corrected chi connectivity index (χ2v) is 13.5. The Balaban J connectivity index is 2.42. The molecule has 0 heterocycles. The molecule has 0 unspecified atom stereocenters. The van der Waals surface area contributed by atoms with Gasteiger partial charge in [-0.1, -0.05) is 88.4 Å². The molecule has 0 N–H and O–H groups in total. The van der Waals surface area contributed by atoms with Crippen molar-refractivity contribution in [2.24, 2.45) is 0 Å². The maximum absolute atomic E-state index is 13.2. The minimum Gasteiger partial charge on any atom is -0.293 e. The lowest BCUT2D eigenvalue weighted by Gasteiger charge is -2.35. The molecule has 0 aromatic heterocycles. The molecule has 0 radical (unpaired) electrons. The Bertz CT molecular complexity index is 759. The Morgan fingerprint density at radius 3 is 1.30 bits per heavy atom. The van der Waals surface area contributed by atoms with Gasteiger partial charge >= 0.3 is 0 Å². The van der Waals surface area contributed by atoms with E-state index >= 15 is 0 Å². The fourth-order valence-corrected chi connectivity index (χ4v) is 5.64. The van der Waals surface area contributed by atoms with E-state index in [0.717, 1.165) is 11.1 Å². The Labute approximate surface area is 181 Å². The maximum Gasteiger partial charge on any atom is 0.231 e. The van der Waals surface area contributed by atoms with Crippen molar-refractivity contribution in [2.45, 2.75) is 47.2 Å². The number of hydrogen-bond donors (Lipinski definition) is 0. The first-order valence-corrected chi connectivity index (χ1v) is 14.7. The summed E-state index contributed by atoms with van der Waals surface area (Å²) in [6.45, 7) is 8.50. The van der Waals surface area contributed by atoms with Crippen molar-refractivity contribution in [3.05, 3.63) is 71.8 Å². The predicted molar refractivity (Wildman–Crippen MR) is 125 cm³/mol. The highest BCUT2D eigenvalue weighted by molar-refractivity contribution is 7.59. The lowest BCUT2D eigenvalue weighted by molar-refractivity contribution is -0.122. The third-order valence-electron chi connectivity index (χ3n) is 5.25. The number of nitrogens with zero attached hydrogens (tertiary/aromatic N) is 1. The van der Waals surface area contributed by atoms with Crippen molar-refractivity contribution in [1.82, 2.24) is 4.90 Å². The molecule has 30 heavy (non-hydrogen) atoms. The summed E-state index contributed by atoms with van der Waals surface area (Å²) in [7, 11) is -5.79. The monoisotopic (exact) mass is 451 g/mol. The van der Waals surface area contributed by atoms with E-state index in [9.17, 15) is 9.13 Å². The molecule has 0 saturated heterocycles. The first-order chi connectivity index (χ1) is 14.4. The molecule has 0 aliphatic carbocycles. The predicted octanol–water partition coefficient (Wildman–Crippen LogP) is 6.64. The van der Waals surface area contributed by atoms with Gasteiger partial charge in [0.05, 0.1) is 0 Å². The van der Waals surface area contributed by atoms with Crippen LogP contribution < -0.4 is 0 Å². The Morgan fingerprint density at radius 2 is 1.00 bits per heavy atom. The van der Waals surface area contributed by atoms with Crippen molar-refractivity contribution in [2.75, 3.05) is 24.6 Å². The van der Waals surface area contributed by atoms with Gasteiger partial charge in [0.2, 0.25) is 21.2 Å². The Kier molecular flexibility index (Phi) is 10.0. The largest absolute Gasteiger partial charge is 0.293 e. The molecule has 0 aliphatic rings. The van der Waals surface area contributed by atoms with Crippen LogP contribution in [-0.2, 0) is 31.3 Å². The minimum absolute atomic E-state index is 0.413. The van der Waals surface area contributed by atoms with Crippen LogP contribution in [0.3, 0.4) is 0 Å². The first-order valence-electron chi connectivity index (χ1n) is 10.7. The molecule has 2 aromatic carbocycles. The lowest BCUT2D eigenvalue weighted by Crippen LogP contribution is -2.38. The molecule has 7 heteroatoms. The third-order valence-corrected chi connectivity index (χ3v) is 10.2. The van der Waals surface area contributed by atoms with E-state index in [2.05, 4.69) is 0 Å². The quantitative estimate of drug-likeness (QED) is 0.252. The summed E-state index contributed by atoms with van der Waals surface area (Å²) in [6, 6.07) is 20.0. The van der Waals surface area contributed by atoms with Crippen LogP contribution in [0.2, 0.25) is 0 Å². The molecule has 0 aliphatic heterocycles. The van der Waals surface area contributed by atoms with Gasteiger partial charge in [0.15, 0.2) is 0 Å². The van der Waals surface area contributed by atoms with Crippen LogP contribution in [0, 0.1) is 0 Å². The van der Waals surface area contributed by atoms with Gasteiger partial charge in [0.1, 0.15) is 0 Å². The third kappa shape index (κ3) is 7.48. The van der Waals surface area contributed by atoms with Gasteiger partial charge in [-0.25, -0.2) is 4.90 Å². The highest BCUT2D eigenvalue weighted by Gasteiger charge is 2.34. The van der Waals surface area contributed by atoms with Gasteiger partial charge in [0, 0.05) is 37.7 Å². The van der Waals surface area contributed by atoms with E-state index < -0.39 is 21.2 Å². The zero-order chi connectivity index (χ0) is 22.0. The summed E-state index contributed by atoms with van der Waals surface area (Å²) in [5, 5.41) is 0. The van der Waals surface area contributed by atoms with Crippen LogP contribution >= 0.6 is 14.7 Å². The van der Waals surface area contributed by atoms with Gasteiger partial charge in [-0.2, -0.15) is 0 Å². The Hall–Kier alpha value is -1.22. The number of rotatable bonds is 13. The van der Waals surface area contributed by atoms with Gasteiger partial charge < -0.3 is 0 Å². The summed E-state index contributed by atoms with van der Waals surface area (Å²) in [5.41, 5.74) is 2.16. The highest BCUT2D eigenvalue weighted by Crippen LogP contribution is 2.53. The molecule has 0 spiro atoms. The fraction of sp³-hybridized carbons (Fsp3) is 0.478. The van der Waals surface area contributed by atoms with E-state index in [0.29, 0.717) is 37.7 Å². The van der Waals surface area contributed by atoms with Crippen LogP contribution in [0.25, 0.3) is 0 Å². The second-order valence-electron chi connectivity index (χ2n) is 7.29. The normalized spacial score (nSPS) is 12.6. The molecule has 166 valence electrons. The molecular weight excluding hydrogens is 416 g/mol. The fourth-order valence-electron chi connectivity index (χ4n) is 3.07. The summed E-state index contributed by atoms with van der Waals surface area (Å²) >= 11 is 0. The Morgan fingerprint density at radius 1 is 0.667 bits per heavy atom. The SMILES string of the molecule is CCP(=O)(CC)OC(OP(=O)(CC)CC)N(Cc1ccccc1)Cc1ccccc1. The van der Waals surface area contributed by atoms with Crippen molar-refractivity contribution in [3.63, 3.8) is 0 Å². The van der Waals surface area contributed by atoms with Crippen molar-refractivity contribution in [1.29, 1.82) is 0 Å².